The average molecular weight is 270 g/mol. The highest BCUT2D eigenvalue weighted by Crippen LogP contribution is 2.30. The maximum absolute atomic E-state index is 11.3. The molecule has 0 spiro atoms. The van der Waals surface area contributed by atoms with Crippen LogP contribution in [-0.2, 0) is 17.4 Å². The molecule has 1 saturated heterocycles. The van der Waals surface area contributed by atoms with Crippen molar-refractivity contribution in [2.24, 2.45) is 0 Å². The summed E-state index contributed by atoms with van der Waals surface area (Å²) in [5.41, 5.74) is 1.05. The molecule has 0 saturated carbocycles. The first-order chi connectivity index (χ1) is 8.61. The summed E-state index contributed by atoms with van der Waals surface area (Å²) in [6.45, 7) is 0.906. The van der Waals surface area contributed by atoms with Crippen LogP contribution in [0.15, 0.2) is 18.2 Å². The van der Waals surface area contributed by atoms with Crippen LogP contribution in [0, 0.1) is 10.1 Å². The van der Waals surface area contributed by atoms with Gasteiger partial charge >= 0.3 is 0 Å². The minimum atomic E-state index is -0.810. The van der Waals surface area contributed by atoms with Crippen molar-refractivity contribution in [3.63, 3.8) is 0 Å². The van der Waals surface area contributed by atoms with Crippen molar-refractivity contribution in [3.05, 3.63) is 33.9 Å². The molecular weight excluding hydrogens is 256 g/mol. The van der Waals surface area contributed by atoms with Crippen molar-refractivity contribution in [3.8, 4) is 0 Å². The molecule has 0 radical (unpaired) electrons. The first-order valence-electron chi connectivity index (χ1n) is 5.60. The molecule has 1 heterocycles. The quantitative estimate of drug-likeness (QED) is 0.644. The lowest BCUT2D eigenvalue weighted by atomic mass is 10.1. The van der Waals surface area contributed by atoms with Crippen LogP contribution in [0.4, 0.5) is 11.4 Å². The van der Waals surface area contributed by atoms with Crippen molar-refractivity contribution >= 4 is 22.2 Å². The minimum absolute atomic E-state index is 0.00534. The summed E-state index contributed by atoms with van der Waals surface area (Å²) < 4.78 is 11.3. The van der Waals surface area contributed by atoms with Crippen molar-refractivity contribution in [2.75, 3.05) is 29.5 Å². The van der Waals surface area contributed by atoms with E-state index in [0.29, 0.717) is 35.8 Å². The number of aliphatic hydroxyl groups excluding tert-OH is 1. The van der Waals surface area contributed by atoms with E-state index in [9.17, 15) is 14.3 Å². The normalized spacial score (nSPS) is 16.8. The second kappa shape index (κ2) is 5.45. The number of aliphatic hydroxyl groups is 1. The predicted octanol–water partition coefficient (Wildman–Crippen LogP) is 0.656. The molecule has 1 aromatic carbocycles. The average Bonchev–Trinajstić information content (AvgIpc) is 2.39. The number of nitrogens with zero attached hydrogens (tertiary/aromatic N) is 2. The van der Waals surface area contributed by atoms with E-state index in [-0.39, 0.29) is 12.3 Å². The van der Waals surface area contributed by atoms with Crippen LogP contribution < -0.4 is 4.90 Å². The van der Waals surface area contributed by atoms with Gasteiger partial charge in [0.15, 0.2) is 0 Å². The molecule has 1 aliphatic rings. The summed E-state index contributed by atoms with van der Waals surface area (Å²) in [6.07, 6.45) is 0. The van der Waals surface area contributed by atoms with Gasteiger partial charge in [-0.1, -0.05) is 6.07 Å². The Balaban J connectivity index is 2.31. The Morgan fingerprint density at radius 2 is 2.06 bits per heavy atom. The molecule has 7 heteroatoms. The Hall–Kier alpha value is -1.47. The zero-order valence-corrected chi connectivity index (χ0v) is 10.6. The van der Waals surface area contributed by atoms with E-state index in [1.165, 1.54) is 6.07 Å². The first kappa shape index (κ1) is 13.0. The lowest BCUT2D eigenvalue weighted by Gasteiger charge is -2.28. The molecule has 0 aromatic heterocycles. The van der Waals surface area contributed by atoms with Crippen LogP contribution in [0.1, 0.15) is 5.56 Å². The SMILES string of the molecule is O=[N+]([O-])c1cc(CO)ccc1N1CCS(=O)CC1. The fourth-order valence-electron chi connectivity index (χ4n) is 1.96. The number of nitro benzene ring substituents is 1. The highest BCUT2D eigenvalue weighted by molar-refractivity contribution is 7.85. The molecule has 2 rings (SSSR count). The summed E-state index contributed by atoms with van der Waals surface area (Å²) >= 11 is 0. The number of hydrogen-bond acceptors (Lipinski definition) is 5. The lowest BCUT2D eigenvalue weighted by Crippen LogP contribution is -2.38. The van der Waals surface area contributed by atoms with Crippen molar-refractivity contribution in [1.29, 1.82) is 0 Å². The van der Waals surface area contributed by atoms with E-state index < -0.39 is 15.7 Å². The molecule has 0 atom stereocenters. The molecule has 0 amide bonds. The van der Waals surface area contributed by atoms with Crippen LogP contribution in [0.25, 0.3) is 0 Å². The van der Waals surface area contributed by atoms with Crippen LogP contribution in [0.3, 0.4) is 0 Å². The summed E-state index contributed by atoms with van der Waals surface area (Å²) in [5, 5.41) is 20.0. The Labute approximate surface area is 107 Å². The Bertz CT molecular complexity index is 482. The number of hydrogen-bond donors (Lipinski definition) is 1. The fraction of sp³-hybridized carbons (Fsp3) is 0.455. The van der Waals surface area contributed by atoms with Gasteiger partial charge in [-0.25, -0.2) is 0 Å². The molecule has 98 valence electrons. The second-order valence-electron chi connectivity index (χ2n) is 4.07. The molecular formula is C11H14N2O4S. The maximum atomic E-state index is 11.3. The summed E-state index contributed by atoms with van der Waals surface area (Å²) in [6, 6.07) is 4.72. The molecule has 0 unspecified atom stereocenters. The number of benzene rings is 1. The highest BCUT2D eigenvalue weighted by Gasteiger charge is 2.23. The third-order valence-electron chi connectivity index (χ3n) is 2.94. The van der Waals surface area contributed by atoms with Crippen molar-refractivity contribution < 1.29 is 14.2 Å². The van der Waals surface area contributed by atoms with E-state index in [0.717, 1.165) is 0 Å². The fourth-order valence-corrected chi connectivity index (χ4v) is 3.01. The van der Waals surface area contributed by atoms with E-state index in [1.807, 2.05) is 4.90 Å². The van der Waals surface area contributed by atoms with Crippen molar-refractivity contribution in [2.45, 2.75) is 6.61 Å². The monoisotopic (exact) mass is 270 g/mol. The molecule has 1 fully saturated rings. The zero-order chi connectivity index (χ0) is 13.1. The third kappa shape index (κ3) is 2.68. The van der Waals surface area contributed by atoms with Gasteiger partial charge in [-0.05, 0) is 11.6 Å². The number of rotatable bonds is 3. The topological polar surface area (TPSA) is 83.7 Å². The largest absolute Gasteiger partial charge is 0.392 e. The highest BCUT2D eigenvalue weighted by atomic mass is 32.2. The summed E-state index contributed by atoms with van der Waals surface area (Å²) in [7, 11) is -0.810. The minimum Gasteiger partial charge on any atom is -0.392 e. The maximum Gasteiger partial charge on any atom is 0.292 e. The smallest absolute Gasteiger partial charge is 0.292 e. The van der Waals surface area contributed by atoms with E-state index in [4.69, 9.17) is 5.11 Å². The Morgan fingerprint density at radius 3 is 2.61 bits per heavy atom. The Morgan fingerprint density at radius 1 is 1.39 bits per heavy atom. The number of anilines is 1. The van der Waals surface area contributed by atoms with Gasteiger partial charge in [-0.3, -0.25) is 14.3 Å². The van der Waals surface area contributed by atoms with Crippen molar-refractivity contribution in [1.82, 2.24) is 0 Å². The molecule has 0 bridgehead atoms. The zero-order valence-electron chi connectivity index (χ0n) is 9.74. The molecule has 1 N–H and O–H groups in total. The standard InChI is InChI=1S/C11H14N2O4S/c14-8-9-1-2-10(11(7-9)13(15)16)12-3-5-18(17)6-4-12/h1-2,7,14H,3-6,8H2. The van der Waals surface area contributed by atoms with Gasteiger partial charge in [0, 0.05) is 41.5 Å². The molecule has 1 aromatic rings. The summed E-state index contributed by atoms with van der Waals surface area (Å²) in [4.78, 5) is 12.5. The van der Waals surface area contributed by atoms with Crippen LogP contribution >= 0.6 is 0 Å². The third-order valence-corrected chi connectivity index (χ3v) is 4.21. The van der Waals surface area contributed by atoms with Gasteiger partial charge in [-0.2, -0.15) is 0 Å². The van der Waals surface area contributed by atoms with Gasteiger partial charge in [0.2, 0.25) is 0 Å². The van der Waals surface area contributed by atoms with Gasteiger partial charge in [0.1, 0.15) is 5.69 Å². The molecule has 6 nitrogen and oxygen atoms in total. The van der Waals surface area contributed by atoms with E-state index >= 15 is 0 Å². The number of nitro groups is 1. The van der Waals surface area contributed by atoms with Gasteiger partial charge in [0.25, 0.3) is 5.69 Å². The second-order valence-corrected chi connectivity index (χ2v) is 5.77. The van der Waals surface area contributed by atoms with Crippen LogP contribution in [0.2, 0.25) is 0 Å². The molecule has 1 aliphatic heterocycles. The van der Waals surface area contributed by atoms with Gasteiger partial charge < -0.3 is 10.0 Å². The van der Waals surface area contributed by atoms with E-state index in [2.05, 4.69) is 0 Å². The van der Waals surface area contributed by atoms with E-state index in [1.54, 1.807) is 12.1 Å². The summed E-state index contributed by atoms with van der Waals surface area (Å²) in [5.74, 6) is 1.08. The van der Waals surface area contributed by atoms with Crippen LogP contribution in [-0.4, -0.2) is 38.8 Å². The Kier molecular flexibility index (Phi) is 3.93. The lowest BCUT2D eigenvalue weighted by molar-refractivity contribution is -0.384. The van der Waals surface area contributed by atoms with Gasteiger partial charge in [-0.15, -0.1) is 0 Å². The first-order valence-corrected chi connectivity index (χ1v) is 7.08. The molecule has 18 heavy (non-hydrogen) atoms. The van der Waals surface area contributed by atoms with Gasteiger partial charge in [0.05, 0.1) is 11.5 Å². The molecule has 0 aliphatic carbocycles. The van der Waals surface area contributed by atoms with Crippen LogP contribution in [0.5, 0.6) is 0 Å². The predicted molar refractivity (Wildman–Crippen MR) is 69.1 cm³/mol.